The second-order valence-electron chi connectivity index (χ2n) is 5.51. The highest BCUT2D eigenvalue weighted by Gasteiger charge is 2.13. The fourth-order valence-corrected chi connectivity index (χ4v) is 2.20. The van der Waals surface area contributed by atoms with Crippen molar-refractivity contribution in [3.05, 3.63) is 47.9 Å². The number of hydrogen-bond donors (Lipinski definition) is 2. The van der Waals surface area contributed by atoms with Crippen LogP contribution in [0.15, 0.2) is 35.2 Å². The number of amides is 1. The quantitative estimate of drug-likeness (QED) is 0.594. The first-order chi connectivity index (χ1) is 12.7. The molecule has 3 rings (SSSR count). The van der Waals surface area contributed by atoms with E-state index in [1.54, 1.807) is 13.2 Å². The molecule has 2 heterocycles. The minimum Gasteiger partial charge on any atom is -0.382 e. The van der Waals surface area contributed by atoms with E-state index in [-0.39, 0.29) is 12.5 Å². The zero-order chi connectivity index (χ0) is 18.4. The van der Waals surface area contributed by atoms with Gasteiger partial charge in [0.15, 0.2) is 0 Å². The van der Waals surface area contributed by atoms with Crippen LogP contribution in [0.1, 0.15) is 21.9 Å². The first kappa shape index (κ1) is 17.8. The third kappa shape index (κ3) is 4.32. The number of rotatable bonds is 8. The number of hydrogen-bond acceptors (Lipinski definition) is 7. The maximum Gasteiger partial charge on any atom is 0.273 e. The molecule has 9 nitrogen and oxygen atoms in total. The molecule has 1 amide bonds. The lowest BCUT2D eigenvalue weighted by molar-refractivity contribution is 0.0494. The lowest BCUT2D eigenvalue weighted by atomic mass is 10.1. The molecule has 2 aromatic heterocycles. The number of aromatic amines is 1. The molecule has 0 aliphatic heterocycles. The molecule has 0 spiro atoms. The van der Waals surface area contributed by atoms with Crippen LogP contribution < -0.4 is 5.32 Å². The Bertz CT molecular complexity index is 860. The predicted octanol–water partition coefficient (Wildman–Crippen LogP) is 2.18. The van der Waals surface area contributed by atoms with Crippen molar-refractivity contribution in [2.24, 2.45) is 0 Å². The van der Waals surface area contributed by atoms with Crippen LogP contribution in [-0.4, -0.2) is 46.3 Å². The number of imidazole rings is 1. The molecule has 0 saturated carbocycles. The first-order valence-electron chi connectivity index (χ1n) is 7.97. The van der Waals surface area contributed by atoms with Crippen molar-refractivity contribution in [2.45, 2.75) is 13.5 Å². The maximum absolute atomic E-state index is 12.2. The minimum absolute atomic E-state index is 0.214. The summed E-state index contributed by atoms with van der Waals surface area (Å²) in [4.78, 5) is 23.1. The van der Waals surface area contributed by atoms with Gasteiger partial charge in [-0.25, -0.2) is 4.98 Å². The number of carbonyl (C=O) groups is 1. The van der Waals surface area contributed by atoms with E-state index >= 15 is 0 Å². The van der Waals surface area contributed by atoms with Crippen molar-refractivity contribution < 1.29 is 18.8 Å². The molecule has 26 heavy (non-hydrogen) atoms. The Morgan fingerprint density at radius 1 is 1.35 bits per heavy atom. The minimum atomic E-state index is -0.275. The zero-order valence-electron chi connectivity index (χ0n) is 14.5. The summed E-state index contributed by atoms with van der Waals surface area (Å²) in [6.07, 6.45) is 2.91. The smallest absolute Gasteiger partial charge is 0.273 e. The molecule has 0 atom stereocenters. The van der Waals surface area contributed by atoms with Crippen molar-refractivity contribution in [1.82, 2.24) is 20.1 Å². The molecule has 0 aliphatic rings. The first-order valence-corrected chi connectivity index (χ1v) is 7.97. The molecule has 9 heteroatoms. The van der Waals surface area contributed by atoms with Crippen LogP contribution in [0, 0.1) is 6.92 Å². The Balaban J connectivity index is 1.71. The van der Waals surface area contributed by atoms with Crippen LogP contribution in [-0.2, 0) is 16.1 Å². The van der Waals surface area contributed by atoms with Gasteiger partial charge >= 0.3 is 0 Å². The van der Waals surface area contributed by atoms with Crippen LogP contribution in [0.4, 0.5) is 5.69 Å². The van der Waals surface area contributed by atoms with E-state index < -0.39 is 0 Å². The largest absolute Gasteiger partial charge is 0.382 e. The van der Waals surface area contributed by atoms with Crippen LogP contribution >= 0.6 is 0 Å². The summed E-state index contributed by atoms with van der Waals surface area (Å²) < 4.78 is 15.4. The number of nitrogens with one attached hydrogen (secondary N) is 2. The summed E-state index contributed by atoms with van der Waals surface area (Å²) in [7, 11) is 1.61. The Morgan fingerprint density at radius 3 is 3.00 bits per heavy atom. The van der Waals surface area contributed by atoms with Crippen LogP contribution in [0.5, 0.6) is 0 Å². The lowest BCUT2D eigenvalue weighted by Gasteiger charge is -2.08. The molecule has 0 bridgehead atoms. The summed E-state index contributed by atoms with van der Waals surface area (Å²) >= 11 is 0. The number of methoxy groups -OCH3 is 1. The van der Waals surface area contributed by atoms with Gasteiger partial charge in [-0.1, -0.05) is 17.3 Å². The average molecular weight is 357 g/mol. The Labute approximate surface area is 149 Å². The second kappa shape index (κ2) is 8.37. The number of aryl methyl sites for hydroxylation is 1. The molecular weight excluding hydrogens is 338 g/mol. The molecule has 0 aliphatic carbocycles. The molecule has 0 saturated heterocycles. The number of aromatic nitrogens is 4. The van der Waals surface area contributed by atoms with Gasteiger partial charge in [-0.05, 0) is 18.6 Å². The lowest BCUT2D eigenvalue weighted by Crippen LogP contribution is -2.13. The van der Waals surface area contributed by atoms with Gasteiger partial charge in [0.2, 0.25) is 5.82 Å². The third-order valence-corrected chi connectivity index (χ3v) is 3.61. The van der Waals surface area contributed by atoms with Gasteiger partial charge in [-0.3, -0.25) is 4.79 Å². The molecule has 1 aromatic carbocycles. The Hall–Kier alpha value is -3.04. The summed E-state index contributed by atoms with van der Waals surface area (Å²) in [6, 6.07) is 5.54. The fourth-order valence-electron chi connectivity index (χ4n) is 2.20. The van der Waals surface area contributed by atoms with E-state index in [0.717, 1.165) is 11.1 Å². The number of benzene rings is 1. The standard InChI is InChI=1S/C17H19N5O4/c1-11-3-4-12(7-13(11)20-17(23)14-8-18-10-19-14)16-21-15(26-22-16)9-25-6-5-24-2/h3-4,7-8,10H,5-6,9H2,1-2H3,(H,18,19)(H,20,23). The van der Waals surface area contributed by atoms with Crippen LogP contribution in [0.3, 0.4) is 0 Å². The number of H-pyrrole nitrogens is 1. The number of anilines is 1. The van der Waals surface area contributed by atoms with Crippen molar-refractivity contribution in [1.29, 1.82) is 0 Å². The van der Waals surface area contributed by atoms with Gasteiger partial charge in [0.05, 0.1) is 25.7 Å². The number of nitrogens with zero attached hydrogens (tertiary/aromatic N) is 3. The zero-order valence-corrected chi connectivity index (χ0v) is 14.5. The summed E-state index contributed by atoms with van der Waals surface area (Å²) in [5.41, 5.74) is 2.67. The van der Waals surface area contributed by atoms with Gasteiger partial charge in [-0.2, -0.15) is 4.98 Å². The van der Waals surface area contributed by atoms with Gasteiger partial charge in [-0.15, -0.1) is 0 Å². The van der Waals surface area contributed by atoms with Crippen LogP contribution in [0.25, 0.3) is 11.4 Å². The van der Waals surface area contributed by atoms with Crippen molar-refractivity contribution in [3.8, 4) is 11.4 Å². The molecule has 0 radical (unpaired) electrons. The third-order valence-electron chi connectivity index (χ3n) is 3.61. The van der Waals surface area contributed by atoms with Gasteiger partial charge in [0.25, 0.3) is 11.8 Å². The predicted molar refractivity (Wildman–Crippen MR) is 92.5 cm³/mol. The Morgan fingerprint density at radius 2 is 2.23 bits per heavy atom. The highest BCUT2D eigenvalue weighted by molar-refractivity contribution is 6.03. The molecular formula is C17H19N5O4. The van der Waals surface area contributed by atoms with E-state index in [0.29, 0.717) is 36.3 Å². The van der Waals surface area contributed by atoms with E-state index in [4.69, 9.17) is 14.0 Å². The molecule has 0 unspecified atom stereocenters. The van der Waals surface area contributed by atoms with Gasteiger partial charge < -0.3 is 24.3 Å². The van der Waals surface area contributed by atoms with Crippen molar-refractivity contribution >= 4 is 11.6 Å². The van der Waals surface area contributed by atoms with E-state index in [1.165, 1.54) is 12.5 Å². The van der Waals surface area contributed by atoms with E-state index in [9.17, 15) is 4.79 Å². The molecule has 0 fully saturated rings. The summed E-state index contributed by atoms with van der Waals surface area (Å²) in [6.45, 7) is 3.06. The van der Waals surface area contributed by atoms with Crippen molar-refractivity contribution in [2.75, 3.05) is 25.6 Å². The second-order valence-corrected chi connectivity index (χ2v) is 5.51. The molecule has 2 N–H and O–H groups in total. The molecule has 136 valence electrons. The van der Waals surface area contributed by atoms with Gasteiger partial charge in [0, 0.05) is 18.4 Å². The number of carbonyl (C=O) groups excluding carboxylic acids is 1. The van der Waals surface area contributed by atoms with Crippen molar-refractivity contribution in [3.63, 3.8) is 0 Å². The molecule has 3 aromatic rings. The SMILES string of the molecule is COCCOCc1nc(-c2ccc(C)c(NC(=O)c3cnc[nH]3)c2)no1. The Kier molecular flexibility index (Phi) is 5.72. The monoisotopic (exact) mass is 357 g/mol. The van der Waals surface area contributed by atoms with Gasteiger partial charge in [0.1, 0.15) is 12.3 Å². The summed E-state index contributed by atoms with van der Waals surface area (Å²) in [5, 5.41) is 6.80. The van der Waals surface area contributed by atoms with Crippen LogP contribution in [0.2, 0.25) is 0 Å². The summed E-state index contributed by atoms with van der Waals surface area (Å²) in [5.74, 6) is 0.523. The maximum atomic E-state index is 12.2. The van der Waals surface area contributed by atoms with E-state index in [2.05, 4.69) is 25.4 Å². The van der Waals surface area contributed by atoms with E-state index in [1.807, 2.05) is 19.1 Å². The normalized spacial score (nSPS) is 10.8. The topological polar surface area (TPSA) is 115 Å². The highest BCUT2D eigenvalue weighted by atomic mass is 16.5. The highest BCUT2D eigenvalue weighted by Crippen LogP contribution is 2.24. The number of ether oxygens (including phenoxy) is 2. The fraction of sp³-hybridized carbons (Fsp3) is 0.294. The average Bonchev–Trinajstić information content (AvgIpc) is 3.32.